The largest absolute Gasteiger partial charge is 0.497 e. The summed E-state index contributed by atoms with van der Waals surface area (Å²) in [7, 11) is 1.63. The minimum Gasteiger partial charge on any atom is -0.497 e. The van der Waals surface area contributed by atoms with Crippen molar-refractivity contribution in [3.05, 3.63) is 124 Å². The van der Waals surface area contributed by atoms with Crippen LogP contribution in [0.4, 0.5) is 11.6 Å². The van der Waals surface area contributed by atoms with Gasteiger partial charge >= 0.3 is 0 Å². The molecule has 8 heteroatoms. The van der Waals surface area contributed by atoms with Crippen LogP contribution in [-0.2, 0) is 0 Å². The first kappa shape index (κ1) is 24.2. The lowest BCUT2D eigenvalue weighted by Gasteiger charge is -2.23. The monoisotopic (exact) mass is 515 g/mol. The molecule has 8 nitrogen and oxygen atoms in total. The second-order valence-electron chi connectivity index (χ2n) is 9.45. The summed E-state index contributed by atoms with van der Waals surface area (Å²) in [5.41, 5.74) is 6.26. The number of rotatable bonds is 6. The Kier molecular flexibility index (Phi) is 6.20. The Morgan fingerprint density at radius 2 is 1.69 bits per heavy atom. The number of benzene rings is 4. The summed E-state index contributed by atoms with van der Waals surface area (Å²) in [5.74, 6) is 1.16. The Morgan fingerprint density at radius 1 is 0.897 bits per heavy atom. The SMILES string of the molecule is COc1cccc(C2=NN(c3nc(-c4ccc(C)cc4)c4ccccc4n3)[C@H](c3cccc([N+](=O)[O-])c3)C2)c1. The van der Waals surface area contributed by atoms with Gasteiger partial charge in [-0.25, -0.2) is 15.0 Å². The molecule has 0 radical (unpaired) electrons. The van der Waals surface area contributed by atoms with Crippen LogP contribution in [-0.4, -0.2) is 27.7 Å². The Morgan fingerprint density at radius 3 is 2.49 bits per heavy atom. The molecule has 0 saturated carbocycles. The molecule has 0 amide bonds. The van der Waals surface area contributed by atoms with Gasteiger partial charge in [0.05, 0.1) is 35.0 Å². The lowest BCUT2D eigenvalue weighted by molar-refractivity contribution is -0.384. The number of nitrogens with zero attached hydrogens (tertiary/aromatic N) is 5. The third kappa shape index (κ3) is 4.68. The van der Waals surface area contributed by atoms with Gasteiger partial charge < -0.3 is 4.74 Å². The van der Waals surface area contributed by atoms with Crippen molar-refractivity contribution in [2.45, 2.75) is 19.4 Å². The maximum atomic E-state index is 11.6. The third-order valence-electron chi connectivity index (χ3n) is 6.90. The van der Waals surface area contributed by atoms with E-state index in [0.29, 0.717) is 12.4 Å². The molecule has 5 aromatic rings. The average molecular weight is 516 g/mol. The first-order chi connectivity index (χ1) is 19.0. The number of hydrogen-bond donors (Lipinski definition) is 0. The Bertz CT molecular complexity index is 1730. The van der Waals surface area contributed by atoms with Crippen LogP contribution in [0.15, 0.2) is 102 Å². The van der Waals surface area contributed by atoms with Gasteiger partial charge in [0.1, 0.15) is 5.75 Å². The van der Waals surface area contributed by atoms with Crippen LogP contribution in [0.3, 0.4) is 0 Å². The van der Waals surface area contributed by atoms with Crippen LogP contribution in [0.1, 0.15) is 29.2 Å². The van der Waals surface area contributed by atoms with E-state index >= 15 is 0 Å². The number of methoxy groups -OCH3 is 1. The number of para-hydroxylation sites is 1. The molecule has 0 saturated heterocycles. The molecular weight excluding hydrogens is 490 g/mol. The maximum absolute atomic E-state index is 11.6. The zero-order valence-electron chi connectivity index (χ0n) is 21.5. The molecule has 4 aromatic carbocycles. The van der Waals surface area contributed by atoms with E-state index < -0.39 is 0 Å². The molecule has 0 aliphatic carbocycles. The number of hydrazone groups is 1. The van der Waals surface area contributed by atoms with E-state index in [1.807, 2.05) is 54.6 Å². The van der Waals surface area contributed by atoms with Gasteiger partial charge in [0, 0.05) is 35.1 Å². The number of aryl methyl sites for hydroxylation is 1. The van der Waals surface area contributed by atoms with Crippen molar-refractivity contribution in [3.63, 3.8) is 0 Å². The number of hydrogen-bond acceptors (Lipinski definition) is 7. The van der Waals surface area contributed by atoms with E-state index in [2.05, 4.69) is 31.2 Å². The van der Waals surface area contributed by atoms with Crippen LogP contribution in [0.25, 0.3) is 22.2 Å². The van der Waals surface area contributed by atoms with E-state index in [-0.39, 0.29) is 16.7 Å². The highest BCUT2D eigenvalue weighted by Gasteiger charge is 2.33. The predicted molar refractivity (Wildman–Crippen MR) is 152 cm³/mol. The molecule has 6 rings (SSSR count). The number of ether oxygens (including phenoxy) is 1. The Labute approximate surface area is 225 Å². The summed E-state index contributed by atoms with van der Waals surface area (Å²) in [6.45, 7) is 2.05. The van der Waals surface area contributed by atoms with Crippen molar-refractivity contribution in [1.82, 2.24) is 9.97 Å². The molecule has 0 fully saturated rings. The Balaban J connectivity index is 1.53. The van der Waals surface area contributed by atoms with Crippen LogP contribution in [0.2, 0.25) is 0 Å². The van der Waals surface area contributed by atoms with Gasteiger partial charge in [-0.2, -0.15) is 5.10 Å². The lowest BCUT2D eigenvalue weighted by atomic mass is 9.98. The zero-order chi connectivity index (χ0) is 26.9. The first-order valence-electron chi connectivity index (χ1n) is 12.6. The van der Waals surface area contributed by atoms with Crippen LogP contribution in [0.5, 0.6) is 5.75 Å². The minimum atomic E-state index is -0.380. The molecule has 192 valence electrons. The van der Waals surface area contributed by atoms with Crippen molar-refractivity contribution >= 4 is 28.3 Å². The van der Waals surface area contributed by atoms with Gasteiger partial charge in [-0.15, -0.1) is 0 Å². The highest BCUT2D eigenvalue weighted by Crippen LogP contribution is 2.38. The molecule has 1 aromatic heterocycles. The normalized spacial score (nSPS) is 14.9. The second-order valence-corrected chi connectivity index (χ2v) is 9.45. The number of anilines is 1. The van der Waals surface area contributed by atoms with Crippen molar-refractivity contribution in [2.75, 3.05) is 12.1 Å². The van der Waals surface area contributed by atoms with Crippen LogP contribution >= 0.6 is 0 Å². The van der Waals surface area contributed by atoms with Gasteiger partial charge in [0.2, 0.25) is 5.95 Å². The van der Waals surface area contributed by atoms with Gasteiger partial charge in [0.15, 0.2) is 0 Å². The molecule has 0 spiro atoms. The van der Waals surface area contributed by atoms with Crippen molar-refractivity contribution < 1.29 is 9.66 Å². The number of aromatic nitrogens is 2. The van der Waals surface area contributed by atoms with E-state index in [4.69, 9.17) is 19.8 Å². The highest BCUT2D eigenvalue weighted by molar-refractivity contribution is 6.03. The first-order valence-corrected chi connectivity index (χ1v) is 12.6. The standard InChI is InChI=1S/C31H25N5O3/c1-20-13-15-21(16-14-20)30-26-11-3-4-12-27(26)32-31(33-30)35-29(23-8-5-9-24(17-23)36(37)38)19-28(34-35)22-7-6-10-25(18-22)39-2/h3-18,29H,19H2,1-2H3/t29-/m0/s1. The van der Waals surface area contributed by atoms with Gasteiger partial charge in [-0.3, -0.25) is 10.1 Å². The summed E-state index contributed by atoms with van der Waals surface area (Å²) in [6, 6.07) is 30.2. The van der Waals surface area contributed by atoms with E-state index in [9.17, 15) is 10.1 Å². The summed E-state index contributed by atoms with van der Waals surface area (Å²) in [6.07, 6.45) is 0.518. The fourth-order valence-electron chi connectivity index (χ4n) is 4.88. The molecule has 39 heavy (non-hydrogen) atoms. The van der Waals surface area contributed by atoms with E-state index in [1.54, 1.807) is 24.3 Å². The number of nitro groups is 1. The molecule has 1 aliphatic heterocycles. The second kappa shape index (κ2) is 9.98. The predicted octanol–water partition coefficient (Wildman–Crippen LogP) is 6.88. The summed E-state index contributed by atoms with van der Waals surface area (Å²) >= 11 is 0. The topological polar surface area (TPSA) is 93.8 Å². The fraction of sp³-hybridized carbons (Fsp3) is 0.129. The number of fused-ring (bicyclic) bond motifs is 1. The van der Waals surface area contributed by atoms with Crippen molar-refractivity contribution in [1.29, 1.82) is 0 Å². The fourth-order valence-corrected chi connectivity index (χ4v) is 4.88. The highest BCUT2D eigenvalue weighted by atomic mass is 16.6. The molecule has 1 atom stereocenters. The number of nitro benzene ring substituents is 1. The molecule has 1 aliphatic rings. The Hall–Kier alpha value is -5.11. The summed E-state index contributed by atoms with van der Waals surface area (Å²) < 4.78 is 5.43. The average Bonchev–Trinajstić information content (AvgIpc) is 3.43. The van der Waals surface area contributed by atoms with Crippen LogP contribution in [0, 0.1) is 17.0 Å². The number of non-ortho nitro benzene ring substituents is 1. The smallest absolute Gasteiger partial charge is 0.269 e. The molecule has 0 bridgehead atoms. The van der Waals surface area contributed by atoms with E-state index in [1.165, 1.54) is 6.07 Å². The molecular formula is C31H25N5O3. The van der Waals surface area contributed by atoms with Crippen molar-refractivity contribution in [3.8, 4) is 17.0 Å². The molecule has 0 unspecified atom stereocenters. The van der Waals surface area contributed by atoms with Gasteiger partial charge in [-0.1, -0.05) is 72.3 Å². The summed E-state index contributed by atoms with van der Waals surface area (Å²) in [5, 5.41) is 19.3. The minimum absolute atomic E-state index is 0.0297. The lowest BCUT2D eigenvalue weighted by Crippen LogP contribution is -2.21. The van der Waals surface area contributed by atoms with E-state index in [0.717, 1.165) is 50.3 Å². The zero-order valence-corrected chi connectivity index (χ0v) is 21.5. The van der Waals surface area contributed by atoms with Crippen molar-refractivity contribution in [2.24, 2.45) is 5.10 Å². The van der Waals surface area contributed by atoms with Gasteiger partial charge in [-0.05, 0) is 30.7 Å². The third-order valence-corrected chi connectivity index (χ3v) is 6.90. The van der Waals surface area contributed by atoms with Gasteiger partial charge in [0.25, 0.3) is 5.69 Å². The molecule has 2 heterocycles. The summed E-state index contributed by atoms with van der Waals surface area (Å²) in [4.78, 5) is 21.1. The maximum Gasteiger partial charge on any atom is 0.269 e. The quantitative estimate of drug-likeness (QED) is 0.181. The molecule has 0 N–H and O–H groups in total. The van der Waals surface area contributed by atoms with Crippen LogP contribution < -0.4 is 9.75 Å².